The molecule has 16 heavy (non-hydrogen) atoms. The lowest BCUT2D eigenvalue weighted by atomic mass is 10.2. The molecule has 0 fully saturated rings. The first-order chi connectivity index (χ1) is 7.26. The van der Waals surface area contributed by atoms with Gasteiger partial charge in [0.05, 0.1) is 4.90 Å². The molecule has 6 heteroatoms. The van der Waals surface area contributed by atoms with Gasteiger partial charge in [0.25, 0.3) is 5.92 Å². The largest absolute Gasteiger partial charge is 0.326 e. The summed E-state index contributed by atoms with van der Waals surface area (Å²) < 4.78 is 48.8. The second-order valence-electron chi connectivity index (χ2n) is 3.64. The van der Waals surface area contributed by atoms with E-state index in [1.807, 2.05) is 0 Å². The third-order valence-corrected chi connectivity index (χ3v) is 3.93. The van der Waals surface area contributed by atoms with Crippen molar-refractivity contribution in [2.75, 3.05) is 5.75 Å². The van der Waals surface area contributed by atoms with Gasteiger partial charge in [0, 0.05) is 13.5 Å². The molecule has 0 saturated heterocycles. The minimum Gasteiger partial charge on any atom is -0.326 e. The van der Waals surface area contributed by atoms with Crippen LogP contribution >= 0.6 is 0 Å². The molecule has 0 radical (unpaired) electrons. The first kappa shape index (κ1) is 13.1. The molecular formula is C10H13F2NO2S. The van der Waals surface area contributed by atoms with Crippen LogP contribution in [0.15, 0.2) is 29.2 Å². The Morgan fingerprint density at radius 1 is 1.31 bits per heavy atom. The van der Waals surface area contributed by atoms with E-state index >= 15 is 0 Å². The second kappa shape index (κ2) is 4.47. The standard InChI is InChI=1S/C10H13F2NO2S/c1-10(11,12)7-16(14,15)9-5-3-2-4-8(9)6-13/h2-5H,6-7,13H2,1H3. The molecule has 0 aromatic heterocycles. The Morgan fingerprint density at radius 2 is 1.88 bits per heavy atom. The van der Waals surface area contributed by atoms with Crippen molar-refractivity contribution in [2.45, 2.75) is 24.3 Å². The Kier molecular flexibility index (Phi) is 3.64. The zero-order valence-electron chi connectivity index (χ0n) is 8.78. The molecule has 1 aromatic carbocycles. The number of hydrogen-bond acceptors (Lipinski definition) is 3. The van der Waals surface area contributed by atoms with Crippen LogP contribution in [0, 0.1) is 0 Å². The Hall–Kier alpha value is -1.01. The minimum atomic E-state index is -3.99. The third kappa shape index (κ3) is 3.24. The van der Waals surface area contributed by atoms with Crippen LogP contribution in [0.3, 0.4) is 0 Å². The van der Waals surface area contributed by atoms with Gasteiger partial charge < -0.3 is 5.73 Å². The number of hydrogen-bond donors (Lipinski definition) is 1. The third-order valence-electron chi connectivity index (χ3n) is 1.97. The highest BCUT2D eigenvalue weighted by Crippen LogP contribution is 2.23. The maximum absolute atomic E-state index is 12.7. The number of alkyl halides is 2. The molecule has 1 rings (SSSR count). The Balaban J connectivity index is 3.17. The normalized spacial score (nSPS) is 12.8. The van der Waals surface area contributed by atoms with Crippen LogP contribution in [-0.4, -0.2) is 20.1 Å². The van der Waals surface area contributed by atoms with E-state index in [0.29, 0.717) is 12.5 Å². The highest BCUT2D eigenvalue weighted by atomic mass is 32.2. The van der Waals surface area contributed by atoms with Gasteiger partial charge in [0.15, 0.2) is 9.84 Å². The molecular weight excluding hydrogens is 236 g/mol. The van der Waals surface area contributed by atoms with E-state index in [2.05, 4.69) is 0 Å². The highest BCUT2D eigenvalue weighted by molar-refractivity contribution is 7.91. The van der Waals surface area contributed by atoms with Crippen LogP contribution in [0.25, 0.3) is 0 Å². The molecule has 1 aromatic rings. The first-order valence-electron chi connectivity index (χ1n) is 4.65. The predicted octanol–water partition coefficient (Wildman–Crippen LogP) is 1.57. The summed E-state index contributed by atoms with van der Waals surface area (Å²) in [5.41, 5.74) is 5.71. The molecule has 90 valence electrons. The first-order valence-corrected chi connectivity index (χ1v) is 6.30. The molecule has 0 aliphatic carbocycles. The number of rotatable bonds is 4. The maximum Gasteiger partial charge on any atom is 0.259 e. The fraction of sp³-hybridized carbons (Fsp3) is 0.400. The van der Waals surface area contributed by atoms with Crippen LogP contribution in [0.1, 0.15) is 12.5 Å². The van der Waals surface area contributed by atoms with Crippen LogP contribution in [-0.2, 0) is 16.4 Å². The van der Waals surface area contributed by atoms with Gasteiger partial charge in [0.1, 0.15) is 5.75 Å². The van der Waals surface area contributed by atoms with Crippen molar-refractivity contribution in [2.24, 2.45) is 5.73 Å². The van der Waals surface area contributed by atoms with Gasteiger partial charge in [0.2, 0.25) is 0 Å². The zero-order chi connectivity index (χ0) is 12.4. The quantitative estimate of drug-likeness (QED) is 0.881. The lowest BCUT2D eigenvalue weighted by molar-refractivity contribution is 0.0473. The average Bonchev–Trinajstić information content (AvgIpc) is 2.14. The zero-order valence-corrected chi connectivity index (χ0v) is 9.60. The topological polar surface area (TPSA) is 60.2 Å². The van der Waals surface area contributed by atoms with Crippen LogP contribution in [0.5, 0.6) is 0 Å². The van der Waals surface area contributed by atoms with E-state index in [9.17, 15) is 17.2 Å². The van der Waals surface area contributed by atoms with E-state index in [-0.39, 0.29) is 11.4 Å². The second-order valence-corrected chi connectivity index (χ2v) is 5.60. The molecule has 0 aliphatic rings. The number of sulfone groups is 1. The van der Waals surface area contributed by atoms with Crippen molar-refractivity contribution in [1.82, 2.24) is 0 Å². The van der Waals surface area contributed by atoms with Crippen molar-refractivity contribution >= 4 is 9.84 Å². The molecule has 0 amide bonds. The summed E-state index contributed by atoms with van der Waals surface area (Å²) in [6.45, 7) is 0.584. The van der Waals surface area contributed by atoms with Gasteiger partial charge in [-0.25, -0.2) is 17.2 Å². The van der Waals surface area contributed by atoms with Gasteiger partial charge in [-0.15, -0.1) is 0 Å². The molecule has 0 heterocycles. The number of nitrogens with two attached hydrogens (primary N) is 1. The van der Waals surface area contributed by atoms with Crippen molar-refractivity contribution < 1.29 is 17.2 Å². The molecule has 0 unspecified atom stereocenters. The summed E-state index contributed by atoms with van der Waals surface area (Å²) in [4.78, 5) is -0.112. The molecule has 0 aliphatic heterocycles. The van der Waals surface area contributed by atoms with Crippen molar-refractivity contribution in [3.8, 4) is 0 Å². The summed E-state index contributed by atoms with van der Waals surface area (Å²) >= 11 is 0. The van der Waals surface area contributed by atoms with Crippen LogP contribution in [0.4, 0.5) is 8.78 Å². The van der Waals surface area contributed by atoms with Gasteiger partial charge in [-0.2, -0.15) is 0 Å². The Labute approximate surface area is 93.2 Å². The summed E-state index contributed by atoms with van der Waals surface area (Å²) in [6, 6.07) is 5.91. The van der Waals surface area contributed by atoms with Crippen molar-refractivity contribution in [1.29, 1.82) is 0 Å². The van der Waals surface area contributed by atoms with E-state index < -0.39 is 21.5 Å². The SMILES string of the molecule is CC(F)(F)CS(=O)(=O)c1ccccc1CN. The summed E-state index contributed by atoms with van der Waals surface area (Å²) in [5, 5.41) is 0. The predicted molar refractivity (Wildman–Crippen MR) is 57.0 cm³/mol. The maximum atomic E-state index is 12.7. The number of halogens is 2. The van der Waals surface area contributed by atoms with Gasteiger partial charge in [-0.05, 0) is 11.6 Å². The average molecular weight is 249 g/mol. The molecule has 3 nitrogen and oxygen atoms in total. The van der Waals surface area contributed by atoms with Gasteiger partial charge in [-0.3, -0.25) is 0 Å². The van der Waals surface area contributed by atoms with E-state index in [1.54, 1.807) is 6.07 Å². The van der Waals surface area contributed by atoms with Gasteiger partial charge >= 0.3 is 0 Å². The number of benzene rings is 1. The molecule has 0 bridgehead atoms. The molecule has 0 spiro atoms. The van der Waals surface area contributed by atoms with E-state index in [0.717, 1.165) is 0 Å². The Bertz CT molecular complexity index is 466. The fourth-order valence-electron chi connectivity index (χ4n) is 1.39. The van der Waals surface area contributed by atoms with E-state index in [1.165, 1.54) is 18.2 Å². The lowest BCUT2D eigenvalue weighted by Gasteiger charge is -2.13. The fourth-order valence-corrected chi connectivity index (χ4v) is 3.05. The summed E-state index contributed by atoms with van der Waals surface area (Å²) in [7, 11) is -3.99. The van der Waals surface area contributed by atoms with Crippen molar-refractivity contribution in [3.05, 3.63) is 29.8 Å². The Morgan fingerprint density at radius 3 is 2.38 bits per heavy atom. The lowest BCUT2D eigenvalue weighted by Crippen LogP contribution is -2.25. The van der Waals surface area contributed by atoms with Gasteiger partial charge in [-0.1, -0.05) is 18.2 Å². The smallest absolute Gasteiger partial charge is 0.259 e. The molecule has 0 atom stereocenters. The molecule has 0 saturated carbocycles. The highest BCUT2D eigenvalue weighted by Gasteiger charge is 2.31. The monoisotopic (exact) mass is 249 g/mol. The summed E-state index contributed by atoms with van der Waals surface area (Å²) in [5.74, 6) is -4.45. The van der Waals surface area contributed by atoms with Crippen LogP contribution in [0.2, 0.25) is 0 Å². The minimum absolute atomic E-state index is 0.00465. The van der Waals surface area contributed by atoms with E-state index in [4.69, 9.17) is 5.73 Å². The van der Waals surface area contributed by atoms with Crippen molar-refractivity contribution in [3.63, 3.8) is 0 Å². The summed E-state index contributed by atoms with van der Waals surface area (Å²) in [6.07, 6.45) is 0. The van der Waals surface area contributed by atoms with Crippen LogP contribution < -0.4 is 5.73 Å². The molecule has 2 N–H and O–H groups in total.